The molecule has 2 saturated carbocycles. The third-order valence-electron chi connectivity index (χ3n) is 13.2. The highest BCUT2D eigenvalue weighted by Gasteiger charge is 2.63. The van der Waals surface area contributed by atoms with Gasteiger partial charge < -0.3 is 9.84 Å². The topological polar surface area (TPSA) is 63.6 Å². The minimum atomic E-state index is -0.773. The summed E-state index contributed by atoms with van der Waals surface area (Å²) in [5.41, 5.74) is 4.96. The number of rotatable bonds is 12. The molecule has 0 heterocycles. The zero-order valence-electron chi connectivity index (χ0n) is 28.9. The Bertz CT molecular complexity index is 1060. The van der Waals surface area contributed by atoms with Gasteiger partial charge in [-0.3, -0.25) is 9.59 Å². The van der Waals surface area contributed by atoms with Gasteiger partial charge in [-0.1, -0.05) is 108 Å². The van der Waals surface area contributed by atoms with E-state index >= 15 is 0 Å². The van der Waals surface area contributed by atoms with Gasteiger partial charge in [0, 0.05) is 16.9 Å². The van der Waals surface area contributed by atoms with Gasteiger partial charge >= 0.3 is 11.9 Å². The van der Waals surface area contributed by atoms with Crippen LogP contribution in [-0.2, 0) is 14.3 Å². The van der Waals surface area contributed by atoms with E-state index in [4.69, 9.17) is 9.84 Å². The Morgan fingerprint density at radius 2 is 1.60 bits per heavy atom. The van der Waals surface area contributed by atoms with E-state index in [1.165, 1.54) is 68.6 Å². The molecule has 0 aromatic heterocycles. The van der Waals surface area contributed by atoms with Crippen LogP contribution in [-0.4, -0.2) is 34.7 Å². The summed E-state index contributed by atoms with van der Waals surface area (Å²) in [6, 6.07) is 0. The van der Waals surface area contributed by atoms with Crippen LogP contribution in [0.2, 0.25) is 0 Å². The molecule has 7 atom stereocenters. The van der Waals surface area contributed by atoms with Crippen molar-refractivity contribution in [3.63, 3.8) is 0 Å². The zero-order chi connectivity index (χ0) is 31.8. The van der Waals surface area contributed by atoms with Crippen LogP contribution in [0.5, 0.6) is 0 Å². The maximum Gasteiger partial charge on any atom is 0.306 e. The third kappa shape index (κ3) is 7.05. The van der Waals surface area contributed by atoms with Gasteiger partial charge in [0.25, 0.3) is 0 Å². The lowest BCUT2D eigenvalue weighted by Gasteiger charge is -2.62. The van der Waals surface area contributed by atoms with E-state index in [-0.39, 0.29) is 29.3 Å². The average Bonchev–Trinajstić information content (AvgIpc) is 3.18. The van der Waals surface area contributed by atoms with E-state index in [2.05, 4.69) is 62.3 Å². The molecule has 4 nitrogen and oxygen atoms in total. The van der Waals surface area contributed by atoms with Gasteiger partial charge in [0.05, 0.1) is 12.8 Å². The number of carbonyl (C=O) groups is 2. The van der Waals surface area contributed by atoms with Crippen LogP contribution in [0.15, 0.2) is 11.1 Å². The highest BCUT2D eigenvalue weighted by atomic mass is 33.1. The number of carboxylic acids is 1. The summed E-state index contributed by atoms with van der Waals surface area (Å²) in [6.45, 7) is 22.3. The predicted molar refractivity (Wildman–Crippen MR) is 183 cm³/mol. The molecule has 0 radical (unpaired) electrons. The first kappa shape index (κ1) is 35.2. The standard InChI is InChI=1S/C37H62O4S2/c1-25(11-10-19-33(2,3)4)26-14-21-37(9)28-12-13-29-34(5,6)30(41-32(40)18-24-43-42-23-17-31(38)39)16-20-35(29,7)27(28)15-22-36(26,37)8/h25-26,29-30H,10-24H2,1-9H3,(H,38,39)/t25-,26-,29+,30?,35-,36-,37+/m1/s1. The molecule has 2 fully saturated rings. The molecule has 1 unspecified atom stereocenters. The zero-order valence-corrected chi connectivity index (χ0v) is 30.5. The van der Waals surface area contributed by atoms with Crippen LogP contribution in [0.1, 0.15) is 146 Å². The number of esters is 1. The Balaban J connectivity index is 1.42. The number of allylic oxidation sites excluding steroid dienone is 2. The molecule has 0 spiro atoms. The minimum Gasteiger partial charge on any atom is -0.481 e. The predicted octanol–water partition coefficient (Wildman–Crippen LogP) is 10.7. The first-order chi connectivity index (χ1) is 20.0. The molecule has 0 amide bonds. The van der Waals surface area contributed by atoms with E-state index in [1.54, 1.807) is 16.4 Å². The molecule has 0 aromatic rings. The van der Waals surface area contributed by atoms with E-state index in [9.17, 15) is 9.59 Å². The van der Waals surface area contributed by atoms with Crippen molar-refractivity contribution in [1.82, 2.24) is 0 Å². The van der Waals surface area contributed by atoms with Crippen molar-refractivity contribution in [3.8, 4) is 0 Å². The molecule has 1 N–H and O–H groups in total. The summed E-state index contributed by atoms with van der Waals surface area (Å²) >= 11 is 0. The second kappa shape index (κ2) is 13.2. The number of hydrogen-bond acceptors (Lipinski definition) is 5. The van der Waals surface area contributed by atoms with Gasteiger partial charge in [0.2, 0.25) is 0 Å². The van der Waals surface area contributed by atoms with Crippen molar-refractivity contribution in [2.45, 2.75) is 152 Å². The summed E-state index contributed by atoms with van der Waals surface area (Å²) in [4.78, 5) is 23.6. The summed E-state index contributed by atoms with van der Waals surface area (Å²) < 4.78 is 6.21. The number of carbonyl (C=O) groups excluding carboxylic acids is 1. The summed E-state index contributed by atoms with van der Waals surface area (Å²) in [7, 11) is 3.10. The number of fused-ring (bicyclic) bond motifs is 4. The second-order valence-electron chi connectivity index (χ2n) is 17.2. The van der Waals surface area contributed by atoms with Crippen LogP contribution < -0.4 is 0 Å². The number of carboxylic acid groups (broad SMARTS) is 1. The SMILES string of the molecule is C[C@H](CCCC(C)(C)C)[C@H]1CC[C@@]2(C)C3=C(CC[C@]12C)[C@@]1(C)CCC(OC(=O)CCSSCCC(=O)O)C(C)(C)[C@@H]1CC3. The largest absolute Gasteiger partial charge is 0.481 e. The van der Waals surface area contributed by atoms with Gasteiger partial charge in [-0.25, -0.2) is 0 Å². The van der Waals surface area contributed by atoms with Crippen molar-refractivity contribution in [3.05, 3.63) is 11.1 Å². The third-order valence-corrected chi connectivity index (χ3v) is 15.6. The maximum absolute atomic E-state index is 12.9. The van der Waals surface area contributed by atoms with Gasteiger partial charge in [-0.2, -0.15) is 0 Å². The molecule has 4 aliphatic rings. The Labute approximate surface area is 271 Å². The fourth-order valence-corrected chi connectivity index (χ4v) is 12.5. The second-order valence-corrected chi connectivity index (χ2v) is 19.9. The highest BCUT2D eigenvalue weighted by molar-refractivity contribution is 8.76. The van der Waals surface area contributed by atoms with E-state index in [1.807, 2.05) is 5.57 Å². The highest BCUT2D eigenvalue weighted by Crippen LogP contribution is 2.72. The van der Waals surface area contributed by atoms with Crippen molar-refractivity contribution in [2.24, 2.45) is 44.8 Å². The first-order valence-electron chi connectivity index (χ1n) is 17.3. The molecule has 246 valence electrons. The van der Waals surface area contributed by atoms with Crippen molar-refractivity contribution < 1.29 is 19.4 Å². The molecule has 43 heavy (non-hydrogen) atoms. The molecule has 4 aliphatic carbocycles. The Morgan fingerprint density at radius 3 is 2.26 bits per heavy atom. The Hall–Kier alpha value is -0.620. The monoisotopic (exact) mass is 634 g/mol. The lowest BCUT2D eigenvalue weighted by molar-refractivity contribution is -0.169. The number of hydrogen-bond donors (Lipinski definition) is 1. The fraction of sp³-hybridized carbons (Fsp3) is 0.892. The maximum atomic E-state index is 12.9. The van der Waals surface area contributed by atoms with Crippen LogP contribution >= 0.6 is 21.6 Å². The lowest BCUT2D eigenvalue weighted by Crippen LogP contribution is -2.55. The lowest BCUT2D eigenvalue weighted by atomic mass is 9.43. The Morgan fingerprint density at radius 1 is 0.930 bits per heavy atom. The van der Waals surface area contributed by atoms with Crippen molar-refractivity contribution in [2.75, 3.05) is 11.5 Å². The average molecular weight is 635 g/mol. The van der Waals surface area contributed by atoms with Crippen LogP contribution in [0.25, 0.3) is 0 Å². The fourth-order valence-electron chi connectivity index (χ4n) is 10.6. The summed E-state index contributed by atoms with van der Waals surface area (Å²) in [5.74, 6) is 2.53. The quantitative estimate of drug-likeness (QED) is 0.0997. The van der Waals surface area contributed by atoms with E-state index in [0.29, 0.717) is 40.1 Å². The summed E-state index contributed by atoms with van der Waals surface area (Å²) in [5, 5.41) is 8.80. The van der Waals surface area contributed by atoms with Crippen molar-refractivity contribution >= 4 is 33.5 Å². The molecule has 0 saturated heterocycles. The molecular formula is C37H62O4S2. The molecule has 0 aliphatic heterocycles. The number of aliphatic carboxylic acids is 1. The van der Waals surface area contributed by atoms with Gasteiger partial charge in [-0.15, -0.1) is 0 Å². The van der Waals surface area contributed by atoms with Gasteiger partial charge in [0.15, 0.2) is 0 Å². The van der Waals surface area contributed by atoms with Gasteiger partial charge in [-0.05, 0) is 97.2 Å². The van der Waals surface area contributed by atoms with Crippen LogP contribution in [0.4, 0.5) is 0 Å². The minimum absolute atomic E-state index is 0.0286. The first-order valence-corrected chi connectivity index (χ1v) is 19.8. The van der Waals surface area contributed by atoms with Crippen LogP contribution in [0, 0.1) is 44.8 Å². The molecule has 0 bridgehead atoms. The van der Waals surface area contributed by atoms with Gasteiger partial charge in [0.1, 0.15) is 6.10 Å². The normalized spacial score (nSPS) is 36.0. The Kier molecular flexibility index (Phi) is 10.9. The smallest absolute Gasteiger partial charge is 0.306 e. The molecular weight excluding hydrogens is 573 g/mol. The van der Waals surface area contributed by atoms with Crippen LogP contribution in [0.3, 0.4) is 0 Å². The molecule has 0 aromatic carbocycles. The van der Waals surface area contributed by atoms with E-state index < -0.39 is 5.97 Å². The molecule has 4 rings (SSSR count). The summed E-state index contributed by atoms with van der Waals surface area (Å²) in [6.07, 6.45) is 14.4. The van der Waals surface area contributed by atoms with Crippen molar-refractivity contribution in [1.29, 1.82) is 0 Å². The molecule has 6 heteroatoms. The van der Waals surface area contributed by atoms with E-state index in [0.717, 1.165) is 24.7 Å². The number of ether oxygens (including phenoxy) is 1.